The third-order valence-electron chi connectivity index (χ3n) is 4.24. The highest BCUT2D eigenvalue weighted by atomic mass is 16.5. The van der Waals surface area contributed by atoms with Gasteiger partial charge in [0.2, 0.25) is 0 Å². The minimum absolute atomic E-state index is 0.580. The normalized spacial score (nSPS) is 18.8. The predicted molar refractivity (Wildman–Crippen MR) is 72.8 cm³/mol. The first kappa shape index (κ1) is 12.5. The molecule has 1 fully saturated rings. The Morgan fingerprint density at radius 1 is 1.24 bits per heavy atom. The van der Waals surface area contributed by atoms with Gasteiger partial charge >= 0.3 is 0 Å². The molecular weight excluding hydrogens is 208 g/mol. The average Bonchev–Trinajstić information content (AvgIpc) is 3.20. The largest absolute Gasteiger partial charge is 0.496 e. The molecule has 1 aromatic carbocycles. The lowest BCUT2D eigenvalue weighted by atomic mass is 9.89. The van der Waals surface area contributed by atoms with Gasteiger partial charge in [-0.05, 0) is 48.1 Å². The van der Waals surface area contributed by atoms with Crippen LogP contribution in [-0.2, 0) is 0 Å². The van der Waals surface area contributed by atoms with Gasteiger partial charge in [0.25, 0.3) is 0 Å². The summed E-state index contributed by atoms with van der Waals surface area (Å²) < 4.78 is 5.70. The lowest BCUT2D eigenvalue weighted by Crippen LogP contribution is -2.04. The molecule has 1 saturated carbocycles. The number of rotatable bonds is 5. The Morgan fingerprint density at radius 2 is 1.88 bits per heavy atom. The van der Waals surface area contributed by atoms with Crippen LogP contribution in [0, 0.1) is 5.92 Å². The number of para-hydroxylation sites is 1. The molecule has 0 spiro atoms. The van der Waals surface area contributed by atoms with Gasteiger partial charge in [0.15, 0.2) is 0 Å². The second-order valence-corrected chi connectivity index (χ2v) is 5.41. The number of methoxy groups -OCH3 is 1. The van der Waals surface area contributed by atoms with E-state index in [4.69, 9.17) is 4.74 Å². The van der Waals surface area contributed by atoms with Crippen LogP contribution in [0.4, 0.5) is 0 Å². The van der Waals surface area contributed by atoms with Crippen LogP contribution in [0.15, 0.2) is 18.2 Å². The molecule has 17 heavy (non-hydrogen) atoms. The molecule has 1 aliphatic rings. The van der Waals surface area contributed by atoms with Crippen molar-refractivity contribution in [3.05, 3.63) is 29.3 Å². The van der Waals surface area contributed by atoms with E-state index < -0.39 is 0 Å². The summed E-state index contributed by atoms with van der Waals surface area (Å²) in [5.41, 5.74) is 2.78. The summed E-state index contributed by atoms with van der Waals surface area (Å²) in [5, 5.41) is 0. The van der Waals surface area contributed by atoms with Gasteiger partial charge in [0.05, 0.1) is 7.11 Å². The monoisotopic (exact) mass is 232 g/mol. The van der Waals surface area contributed by atoms with Gasteiger partial charge in [-0.3, -0.25) is 0 Å². The maximum Gasteiger partial charge on any atom is 0.125 e. The van der Waals surface area contributed by atoms with Gasteiger partial charge in [-0.15, -0.1) is 0 Å². The topological polar surface area (TPSA) is 9.23 Å². The van der Waals surface area contributed by atoms with E-state index in [2.05, 4.69) is 39.0 Å². The fraction of sp³-hybridized carbons (Fsp3) is 0.625. The highest BCUT2D eigenvalue weighted by Crippen LogP contribution is 2.46. The summed E-state index contributed by atoms with van der Waals surface area (Å²) in [5.74, 6) is 3.25. The maximum absolute atomic E-state index is 5.70. The molecular formula is C16H24O. The fourth-order valence-corrected chi connectivity index (χ4v) is 2.63. The molecule has 0 N–H and O–H groups in total. The average molecular weight is 232 g/mol. The highest BCUT2D eigenvalue weighted by molar-refractivity contribution is 5.45. The van der Waals surface area contributed by atoms with Crippen LogP contribution in [-0.4, -0.2) is 7.11 Å². The number of hydrogen-bond donors (Lipinski definition) is 0. The van der Waals surface area contributed by atoms with Crippen molar-refractivity contribution < 1.29 is 4.74 Å². The van der Waals surface area contributed by atoms with Crippen molar-refractivity contribution in [3.63, 3.8) is 0 Å². The van der Waals surface area contributed by atoms with Crippen LogP contribution < -0.4 is 4.74 Å². The van der Waals surface area contributed by atoms with E-state index >= 15 is 0 Å². The SMILES string of the molecule is CC[C@H](C)c1cccc([C@H](C)C2CC2)c1OC. The Kier molecular flexibility index (Phi) is 3.76. The molecule has 2 atom stereocenters. The van der Waals surface area contributed by atoms with Gasteiger partial charge in [-0.2, -0.15) is 0 Å². The Bertz CT molecular complexity index is 379. The van der Waals surface area contributed by atoms with E-state index in [9.17, 15) is 0 Å². The minimum Gasteiger partial charge on any atom is -0.496 e. The maximum atomic E-state index is 5.70. The molecule has 0 saturated heterocycles. The molecule has 94 valence electrons. The van der Waals surface area contributed by atoms with Crippen molar-refractivity contribution in [1.82, 2.24) is 0 Å². The number of hydrogen-bond acceptors (Lipinski definition) is 1. The zero-order valence-electron chi connectivity index (χ0n) is 11.5. The van der Waals surface area contributed by atoms with Gasteiger partial charge < -0.3 is 4.74 Å². The summed E-state index contributed by atoms with van der Waals surface area (Å²) in [6.45, 7) is 6.86. The van der Waals surface area contributed by atoms with E-state index in [-0.39, 0.29) is 0 Å². The molecule has 0 unspecified atom stereocenters. The van der Waals surface area contributed by atoms with Crippen molar-refractivity contribution in [3.8, 4) is 5.75 Å². The zero-order chi connectivity index (χ0) is 12.4. The van der Waals surface area contributed by atoms with Crippen LogP contribution in [0.1, 0.15) is 63.0 Å². The molecule has 0 bridgehead atoms. The third-order valence-corrected chi connectivity index (χ3v) is 4.24. The Hall–Kier alpha value is -0.980. The molecule has 1 heteroatoms. The van der Waals surface area contributed by atoms with Crippen molar-refractivity contribution in [2.45, 2.75) is 51.9 Å². The first-order valence-electron chi connectivity index (χ1n) is 6.85. The van der Waals surface area contributed by atoms with Crippen LogP contribution in [0.2, 0.25) is 0 Å². The van der Waals surface area contributed by atoms with E-state index in [1.807, 2.05) is 7.11 Å². The van der Waals surface area contributed by atoms with Crippen molar-refractivity contribution in [2.24, 2.45) is 5.92 Å². The van der Waals surface area contributed by atoms with E-state index in [0.717, 1.165) is 18.1 Å². The zero-order valence-corrected chi connectivity index (χ0v) is 11.5. The number of ether oxygens (including phenoxy) is 1. The third kappa shape index (κ3) is 2.48. The molecule has 1 aliphatic carbocycles. The molecule has 1 aromatic rings. The van der Waals surface area contributed by atoms with Gasteiger partial charge in [0.1, 0.15) is 5.75 Å². The van der Waals surface area contributed by atoms with E-state index in [1.54, 1.807) is 0 Å². The lowest BCUT2D eigenvalue weighted by molar-refractivity contribution is 0.395. The molecule has 0 heterocycles. The quantitative estimate of drug-likeness (QED) is 0.713. The molecule has 0 aliphatic heterocycles. The molecule has 0 aromatic heterocycles. The van der Waals surface area contributed by atoms with Crippen molar-refractivity contribution in [2.75, 3.05) is 7.11 Å². The Morgan fingerprint density at radius 3 is 2.41 bits per heavy atom. The summed E-state index contributed by atoms with van der Waals surface area (Å²) in [4.78, 5) is 0. The number of benzene rings is 1. The first-order chi connectivity index (χ1) is 8.19. The summed E-state index contributed by atoms with van der Waals surface area (Å²) in [7, 11) is 1.81. The minimum atomic E-state index is 0.580. The fourth-order valence-electron chi connectivity index (χ4n) is 2.63. The van der Waals surface area contributed by atoms with Crippen molar-refractivity contribution in [1.29, 1.82) is 0 Å². The van der Waals surface area contributed by atoms with Gasteiger partial charge in [-0.1, -0.05) is 39.0 Å². The molecule has 0 radical (unpaired) electrons. The van der Waals surface area contributed by atoms with Crippen LogP contribution >= 0.6 is 0 Å². The van der Waals surface area contributed by atoms with E-state index in [0.29, 0.717) is 11.8 Å². The van der Waals surface area contributed by atoms with E-state index in [1.165, 1.54) is 24.0 Å². The molecule has 1 nitrogen and oxygen atoms in total. The molecule has 0 amide bonds. The van der Waals surface area contributed by atoms with Crippen LogP contribution in [0.5, 0.6) is 5.75 Å². The predicted octanol–water partition coefficient (Wildman–Crippen LogP) is 4.72. The highest BCUT2D eigenvalue weighted by Gasteiger charge is 2.31. The lowest BCUT2D eigenvalue weighted by Gasteiger charge is -2.21. The van der Waals surface area contributed by atoms with Gasteiger partial charge in [-0.25, -0.2) is 0 Å². The van der Waals surface area contributed by atoms with Crippen LogP contribution in [0.25, 0.3) is 0 Å². The Balaban J connectivity index is 2.37. The Labute approximate surface area is 105 Å². The summed E-state index contributed by atoms with van der Waals surface area (Å²) in [6, 6.07) is 6.65. The second kappa shape index (κ2) is 5.12. The van der Waals surface area contributed by atoms with Gasteiger partial charge in [0, 0.05) is 0 Å². The van der Waals surface area contributed by atoms with Crippen molar-refractivity contribution >= 4 is 0 Å². The van der Waals surface area contributed by atoms with Crippen LogP contribution in [0.3, 0.4) is 0 Å². The summed E-state index contributed by atoms with van der Waals surface area (Å²) in [6.07, 6.45) is 3.94. The first-order valence-corrected chi connectivity index (χ1v) is 6.85. The standard InChI is InChI=1S/C16H24O/c1-5-11(2)14-7-6-8-15(16(14)17-4)12(3)13-9-10-13/h6-8,11-13H,5,9-10H2,1-4H3/t11-,12+/m0/s1. The molecule has 2 rings (SSSR count). The smallest absolute Gasteiger partial charge is 0.125 e. The summed E-state index contributed by atoms with van der Waals surface area (Å²) >= 11 is 0. The second-order valence-electron chi connectivity index (χ2n) is 5.41.